The van der Waals surface area contributed by atoms with Crippen LogP contribution in [0.3, 0.4) is 0 Å². The van der Waals surface area contributed by atoms with Gasteiger partial charge in [0.15, 0.2) is 0 Å². The molecule has 0 aliphatic rings. The first kappa shape index (κ1) is 17.7. The van der Waals surface area contributed by atoms with Gasteiger partial charge in [0.2, 0.25) is 0 Å². The van der Waals surface area contributed by atoms with E-state index in [-0.39, 0.29) is 5.41 Å². The van der Waals surface area contributed by atoms with Crippen LogP contribution in [0, 0.1) is 6.92 Å². The molecule has 4 aromatic carbocycles. The molecule has 0 aliphatic carbocycles. The smallest absolute Gasteiger partial charge is 0.104 e. The van der Waals surface area contributed by atoms with E-state index in [1.165, 1.54) is 27.1 Å². The highest BCUT2D eigenvalue weighted by Gasteiger charge is 2.20. The zero-order valence-corrected chi connectivity index (χ0v) is 17.2. The summed E-state index contributed by atoms with van der Waals surface area (Å²) in [4.78, 5) is 0. The van der Waals surface area contributed by atoms with Gasteiger partial charge in [0.05, 0.1) is 0 Å². The Balaban J connectivity index is 1.88. The summed E-state index contributed by atoms with van der Waals surface area (Å²) in [5, 5.41) is 19.0. The summed E-state index contributed by atoms with van der Waals surface area (Å²) in [5.74, 6) is 0. The topological polar surface area (TPSA) is 38.7 Å². The van der Waals surface area contributed by atoms with Gasteiger partial charge < -0.3 is 0 Å². The quantitative estimate of drug-likeness (QED) is 0.309. The van der Waals surface area contributed by atoms with E-state index in [2.05, 4.69) is 110 Å². The van der Waals surface area contributed by atoms with E-state index < -0.39 is 0 Å². The molecule has 0 spiro atoms. The average Bonchev–Trinajstić information content (AvgIpc) is 2.72. The van der Waals surface area contributed by atoms with Gasteiger partial charge in [-0.2, -0.15) is 0 Å². The second kappa shape index (κ2) is 6.35. The van der Waals surface area contributed by atoms with Gasteiger partial charge in [0.25, 0.3) is 0 Å². The van der Waals surface area contributed by atoms with Crippen molar-refractivity contribution in [1.82, 2.24) is 15.4 Å². The number of hydrogen-bond acceptors (Lipinski definition) is 3. The van der Waals surface area contributed by atoms with Crippen molar-refractivity contribution in [1.29, 1.82) is 0 Å². The zero-order valence-electron chi connectivity index (χ0n) is 17.2. The Labute approximate surface area is 170 Å². The fraction of sp³-hybridized carbons (Fsp3) is 0.192. The van der Waals surface area contributed by atoms with E-state index in [0.717, 1.165) is 27.7 Å². The summed E-state index contributed by atoms with van der Waals surface area (Å²) in [6.45, 7) is 8.88. The molecule has 0 aliphatic heterocycles. The zero-order chi connectivity index (χ0) is 20.2. The fourth-order valence-corrected chi connectivity index (χ4v) is 4.27. The van der Waals surface area contributed by atoms with Gasteiger partial charge in [0, 0.05) is 10.9 Å². The minimum atomic E-state index is 0.0223. The van der Waals surface area contributed by atoms with Gasteiger partial charge in [0.1, 0.15) is 11.2 Å². The van der Waals surface area contributed by atoms with E-state index >= 15 is 0 Å². The SMILES string of the molecule is Cc1c2ccccc2cc2c(-c3cc(C(C)(C)C)c4ccccc4c3)nnnc12. The van der Waals surface area contributed by atoms with Crippen LogP contribution < -0.4 is 0 Å². The summed E-state index contributed by atoms with van der Waals surface area (Å²) in [6, 6.07) is 23.7. The van der Waals surface area contributed by atoms with Crippen LogP contribution in [-0.4, -0.2) is 15.4 Å². The molecular formula is C26H23N3. The highest BCUT2D eigenvalue weighted by atomic mass is 15.3. The van der Waals surface area contributed by atoms with Crippen molar-refractivity contribution in [2.24, 2.45) is 0 Å². The molecule has 3 nitrogen and oxygen atoms in total. The molecule has 1 aromatic heterocycles. The number of aromatic nitrogens is 3. The summed E-state index contributed by atoms with van der Waals surface area (Å²) < 4.78 is 0. The molecule has 0 radical (unpaired) electrons. The third-order valence-corrected chi connectivity index (χ3v) is 5.76. The van der Waals surface area contributed by atoms with Crippen molar-refractivity contribution in [3.63, 3.8) is 0 Å². The van der Waals surface area contributed by atoms with Crippen LogP contribution in [0.1, 0.15) is 31.9 Å². The molecule has 29 heavy (non-hydrogen) atoms. The highest BCUT2D eigenvalue weighted by molar-refractivity contribution is 6.05. The van der Waals surface area contributed by atoms with Crippen LogP contribution >= 0.6 is 0 Å². The number of aryl methyl sites for hydroxylation is 1. The second-order valence-corrected chi connectivity index (χ2v) is 8.75. The maximum Gasteiger partial charge on any atom is 0.104 e. The number of fused-ring (bicyclic) bond motifs is 3. The lowest BCUT2D eigenvalue weighted by Gasteiger charge is -2.23. The maximum absolute atomic E-state index is 4.49. The molecule has 0 fully saturated rings. The molecular weight excluding hydrogens is 354 g/mol. The Kier molecular flexibility index (Phi) is 3.88. The molecule has 0 unspecified atom stereocenters. The summed E-state index contributed by atoms with van der Waals surface area (Å²) in [7, 11) is 0. The Morgan fingerprint density at radius 3 is 2.07 bits per heavy atom. The lowest BCUT2D eigenvalue weighted by molar-refractivity contribution is 0.596. The minimum absolute atomic E-state index is 0.0223. The first-order valence-corrected chi connectivity index (χ1v) is 9.98. The third-order valence-electron chi connectivity index (χ3n) is 5.76. The largest absolute Gasteiger partial charge is 0.130 e. The van der Waals surface area contributed by atoms with Crippen molar-refractivity contribution < 1.29 is 0 Å². The first-order valence-electron chi connectivity index (χ1n) is 9.98. The molecule has 0 saturated carbocycles. The Bertz CT molecular complexity index is 1390. The second-order valence-electron chi connectivity index (χ2n) is 8.75. The van der Waals surface area contributed by atoms with E-state index in [0.29, 0.717) is 0 Å². The molecule has 142 valence electrons. The van der Waals surface area contributed by atoms with Crippen molar-refractivity contribution in [3.8, 4) is 11.3 Å². The molecule has 1 heterocycles. The van der Waals surface area contributed by atoms with Gasteiger partial charge in [-0.25, -0.2) is 0 Å². The van der Waals surface area contributed by atoms with Crippen LogP contribution in [0.15, 0.2) is 66.7 Å². The normalized spacial score (nSPS) is 12.1. The molecule has 0 N–H and O–H groups in total. The predicted octanol–water partition coefficient (Wildman–Crippen LogP) is 6.60. The van der Waals surface area contributed by atoms with E-state index in [4.69, 9.17) is 0 Å². The van der Waals surface area contributed by atoms with Gasteiger partial charge in [-0.15, -0.1) is 10.2 Å². The van der Waals surface area contributed by atoms with E-state index in [1.54, 1.807) is 0 Å². The predicted molar refractivity (Wildman–Crippen MR) is 121 cm³/mol. The highest BCUT2D eigenvalue weighted by Crippen LogP contribution is 2.37. The van der Waals surface area contributed by atoms with Crippen LogP contribution in [0.2, 0.25) is 0 Å². The fourth-order valence-electron chi connectivity index (χ4n) is 4.27. The van der Waals surface area contributed by atoms with E-state index in [9.17, 15) is 0 Å². The minimum Gasteiger partial charge on any atom is -0.130 e. The molecule has 0 saturated heterocycles. The maximum atomic E-state index is 4.49. The van der Waals surface area contributed by atoms with E-state index in [1.807, 2.05) is 0 Å². The van der Waals surface area contributed by atoms with Crippen LogP contribution in [0.25, 0.3) is 43.7 Å². The molecule has 0 amide bonds. The van der Waals surface area contributed by atoms with Crippen molar-refractivity contribution in [2.75, 3.05) is 0 Å². The van der Waals surface area contributed by atoms with Crippen molar-refractivity contribution in [3.05, 3.63) is 77.9 Å². The molecule has 5 aromatic rings. The molecule has 5 rings (SSSR count). The first-order chi connectivity index (χ1) is 13.9. The lowest BCUT2D eigenvalue weighted by Crippen LogP contribution is -2.12. The van der Waals surface area contributed by atoms with Crippen LogP contribution in [-0.2, 0) is 5.41 Å². The Hall–Kier alpha value is -3.33. The number of nitrogens with zero attached hydrogens (tertiary/aromatic N) is 3. The average molecular weight is 377 g/mol. The van der Waals surface area contributed by atoms with Gasteiger partial charge in [-0.05, 0) is 68.4 Å². The van der Waals surface area contributed by atoms with Crippen molar-refractivity contribution >= 4 is 32.4 Å². The van der Waals surface area contributed by atoms with Gasteiger partial charge in [-0.3, -0.25) is 0 Å². The third kappa shape index (κ3) is 2.85. The van der Waals surface area contributed by atoms with Crippen LogP contribution in [0.4, 0.5) is 0 Å². The number of benzene rings is 4. The monoisotopic (exact) mass is 377 g/mol. The Morgan fingerprint density at radius 2 is 1.34 bits per heavy atom. The lowest BCUT2D eigenvalue weighted by atomic mass is 9.82. The summed E-state index contributed by atoms with van der Waals surface area (Å²) >= 11 is 0. The van der Waals surface area contributed by atoms with Crippen LogP contribution in [0.5, 0.6) is 0 Å². The number of hydrogen-bond donors (Lipinski definition) is 0. The van der Waals surface area contributed by atoms with Crippen molar-refractivity contribution in [2.45, 2.75) is 33.1 Å². The summed E-state index contributed by atoms with van der Waals surface area (Å²) in [5.41, 5.74) is 5.37. The Morgan fingerprint density at radius 1 is 0.690 bits per heavy atom. The number of rotatable bonds is 1. The molecule has 0 atom stereocenters. The molecule has 0 bridgehead atoms. The van der Waals surface area contributed by atoms with Gasteiger partial charge in [-0.1, -0.05) is 69.3 Å². The summed E-state index contributed by atoms with van der Waals surface area (Å²) in [6.07, 6.45) is 0. The van der Waals surface area contributed by atoms with Gasteiger partial charge >= 0.3 is 0 Å². The standard InChI is InChI=1S/C26H23N3/c1-16-20-11-7-5-10-18(20)14-22-24(16)27-29-28-25(22)19-13-17-9-6-8-12-21(17)23(15-19)26(2,3)4/h5-15H,1-4H3. The molecule has 3 heteroatoms.